The van der Waals surface area contributed by atoms with Gasteiger partial charge < -0.3 is 15.5 Å². The first-order valence-electron chi connectivity index (χ1n) is 13.3. The molecule has 2 aliphatic rings. The molecule has 1 unspecified atom stereocenters. The number of anilines is 4. The molecular weight excluding hydrogens is 514 g/mol. The molecule has 2 fully saturated rings. The summed E-state index contributed by atoms with van der Waals surface area (Å²) in [6.45, 7) is 1.50. The quantitative estimate of drug-likeness (QED) is 0.378. The lowest BCUT2D eigenvalue weighted by Gasteiger charge is -2.35. The lowest BCUT2D eigenvalue weighted by Crippen LogP contribution is -2.38. The average molecular weight is 548 g/mol. The van der Waals surface area contributed by atoms with E-state index >= 15 is 0 Å². The first-order chi connectivity index (χ1) is 18.8. The normalized spacial score (nSPS) is 18.1. The van der Waals surface area contributed by atoms with Crippen LogP contribution in [0.3, 0.4) is 0 Å². The fourth-order valence-electron chi connectivity index (χ4n) is 5.48. The van der Waals surface area contributed by atoms with Crippen LogP contribution in [0.15, 0.2) is 36.5 Å². The summed E-state index contributed by atoms with van der Waals surface area (Å²) in [6.07, 6.45) is 14.7. The van der Waals surface area contributed by atoms with Gasteiger partial charge in [-0.15, -0.1) is 6.42 Å². The first-order valence-corrected chi connectivity index (χ1v) is 15.3. The van der Waals surface area contributed by atoms with Crippen LogP contribution in [0, 0.1) is 18.3 Å². The zero-order valence-electron chi connectivity index (χ0n) is 22.0. The predicted molar refractivity (Wildman–Crippen MR) is 154 cm³/mol. The van der Waals surface area contributed by atoms with Crippen molar-refractivity contribution >= 4 is 50.0 Å². The second-order valence-electron chi connectivity index (χ2n) is 10.4. The minimum absolute atomic E-state index is 0.0851. The Morgan fingerprint density at radius 3 is 2.72 bits per heavy atom. The smallest absolute Gasteiger partial charge is 0.320 e. The topological polar surface area (TPSA) is 129 Å². The van der Waals surface area contributed by atoms with Crippen LogP contribution in [-0.4, -0.2) is 60.5 Å². The average Bonchev–Trinajstić information content (AvgIpc) is 3.40. The number of piperidine rings is 1. The second kappa shape index (κ2) is 11.5. The van der Waals surface area contributed by atoms with Crippen molar-refractivity contribution in [3.05, 3.63) is 42.1 Å². The second-order valence-corrected chi connectivity index (χ2v) is 12.6. The van der Waals surface area contributed by atoms with Crippen molar-refractivity contribution in [1.29, 1.82) is 0 Å². The van der Waals surface area contributed by atoms with E-state index in [0.29, 0.717) is 34.9 Å². The van der Waals surface area contributed by atoms with Crippen LogP contribution in [0.5, 0.6) is 0 Å². The number of pyridine rings is 1. The van der Waals surface area contributed by atoms with Crippen LogP contribution in [-0.2, 0) is 9.84 Å². The number of urea groups is 1. The van der Waals surface area contributed by atoms with Crippen molar-refractivity contribution < 1.29 is 13.2 Å². The number of amides is 2. The number of benzene rings is 1. The Bertz CT molecular complexity index is 1510. The number of terminal acetylenes is 1. The van der Waals surface area contributed by atoms with E-state index in [4.69, 9.17) is 6.42 Å². The van der Waals surface area contributed by atoms with Crippen molar-refractivity contribution in [1.82, 2.24) is 20.3 Å². The zero-order valence-corrected chi connectivity index (χ0v) is 22.8. The van der Waals surface area contributed by atoms with Gasteiger partial charge in [-0.1, -0.05) is 30.9 Å². The molecule has 1 saturated carbocycles. The molecule has 0 spiro atoms. The molecule has 1 atom stereocenters. The van der Waals surface area contributed by atoms with Gasteiger partial charge in [0, 0.05) is 37.1 Å². The minimum Gasteiger partial charge on any atom is -0.370 e. The van der Waals surface area contributed by atoms with Gasteiger partial charge in [0.2, 0.25) is 5.95 Å². The van der Waals surface area contributed by atoms with Crippen molar-refractivity contribution in [3.63, 3.8) is 0 Å². The molecule has 1 aliphatic carbocycles. The molecule has 0 bridgehead atoms. The molecule has 204 valence electrons. The Hall–Kier alpha value is -3.91. The number of fused-ring (bicyclic) bond motifs is 1. The van der Waals surface area contributed by atoms with E-state index in [9.17, 15) is 13.2 Å². The number of aromatic nitrogens is 3. The Morgan fingerprint density at radius 1 is 1.15 bits per heavy atom. The van der Waals surface area contributed by atoms with Gasteiger partial charge in [0.25, 0.3) is 0 Å². The third-order valence-corrected chi connectivity index (χ3v) is 8.28. The van der Waals surface area contributed by atoms with Crippen molar-refractivity contribution in [3.8, 4) is 12.3 Å². The summed E-state index contributed by atoms with van der Waals surface area (Å²) in [4.78, 5) is 28.3. The van der Waals surface area contributed by atoms with Crippen molar-refractivity contribution in [2.45, 2.75) is 44.6 Å². The molecule has 2 amide bonds. The highest BCUT2D eigenvalue weighted by Crippen LogP contribution is 2.32. The molecule has 1 aliphatic heterocycles. The van der Waals surface area contributed by atoms with Gasteiger partial charge in [0.05, 0.1) is 22.5 Å². The number of hydrogen-bond acceptors (Lipinski definition) is 8. The van der Waals surface area contributed by atoms with E-state index in [1.807, 2.05) is 24.3 Å². The maximum atomic E-state index is 12.5. The number of rotatable bonds is 7. The van der Waals surface area contributed by atoms with Crippen LogP contribution >= 0.6 is 0 Å². The van der Waals surface area contributed by atoms with E-state index in [0.717, 1.165) is 56.4 Å². The molecular formula is C28H33N7O3S. The number of nitrogens with one attached hydrogen (secondary N) is 3. The summed E-state index contributed by atoms with van der Waals surface area (Å²) in [5.74, 6) is 3.56. The number of carbonyl (C=O) groups is 1. The van der Waals surface area contributed by atoms with Crippen LogP contribution in [0.2, 0.25) is 0 Å². The first kappa shape index (κ1) is 26.7. The lowest BCUT2D eigenvalue weighted by atomic mass is 9.99. The number of nitrogens with zero attached hydrogens (tertiary/aromatic N) is 4. The van der Waals surface area contributed by atoms with Crippen molar-refractivity contribution in [2.75, 3.05) is 40.6 Å². The highest BCUT2D eigenvalue weighted by Gasteiger charge is 2.25. The predicted octanol–water partition coefficient (Wildman–Crippen LogP) is 4.07. The maximum Gasteiger partial charge on any atom is 0.320 e. The standard InChI is InChI=1S/C28H33N7O3S/c1-3-20-15-25(33-28(36)30-21-10-4-5-11-21)32-26-22(20)16-29-27(34-26)31-23-12-6-7-13-24(23)35-14-8-9-19(17-35)18-39(2,37)38/h1,6-7,12-13,15-16,19,21H,4-5,8-11,14,17-18H2,2H3,(H3,29,30,31,32,33,34,36). The van der Waals surface area contributed by atoms with Crippen LogP contribution in [0.1, 0.15) is 44.1 Å². The summed E-state index contributed by atoms with van der Waals surface area (Å²) in [7, 11) is -3.05. The van der Waals surface area contributed by atoms with Gasteiger partial charge in [-0.05, 0) is 49.8 Å². The highest BCUT2D eigenvalue weighted by molar-refractivity contribution is 7.90. The van der Waals surface area contributed by atoms with E-state index in [1.165, 1.54) is 6.26 Å². The largest absolute Gasteiger partial charge is 0.370 e. The molecule has 11 heteroatoms. The maximum absolute atomic E-state index is 12.5. The minimum atomic E-state index is -3.05. The Kier molecular flexibility index (Phi) is 7.84. The number of para-hydroxylation sites is 2. The van der Waals surface area contributed by atoms with Crippen LogP contribution in [0.25, 0.3) is 11.0 Å². The van der Waals surface area contributed by atoms with E-state index in [1.54, 1.807) is 12.3 Å². The fraction of sp³-hybridized carbons (Fsp3) is 0.429. The van der Waals surface area contributed by atoms with E-state index < -0.39 is 9.84 Å². The third-order valence-electron chi connectivity index (χ3n) is 7.20. The lowest BCUT2D eigenvalue weighted by molar-refractivity contribution is 0.248. The summed E-state index contributed by atoms with van der Waals surface area (Å²) in [6, 6.07) is 9.33. The van der Waals surface area contributed by atoms with Gasteiger partial charge >= 0.3 is 6.03 Å². The molecule has 10 nitrogen and oxygen atoms in total. The van der Waals surface area contributed by atoms with Gasteiger partial charge in [0.15, 0.2) is 5.65 Å². The summed E-state index contributed by atoms with van der Waals surface area (Å²) >= 11 is 0. The van der Waals surface area contributed by atoms with Gasteiger partial charge in [0.1, 0.15) is 15.7 Å². The molecule has 5 rings (SSSR count). The van der Waals surface area contributed by atoms with Gasteiger partial charge in [-0.2, -0.15) is 4.98 Å². The van der Waals surface area contributed by atoms with Gasteiger partial charge in [-0.25, -0.2) is 23.2 Å². The summed E-state index contributed by atoms with van der Waals surface area (Å²) in [5.41, 5.74) is 2.66. The molecule has 3 N–H and O–H groups in total. The summed E-state index contributed by atoms with van der Waals surface area (Å²) in [5, 5.41) is 9.68. The monoisotopic (exact) mass is 547 g/mol. The SMILES string of the molecule is C#Cc1cc(NC(=O)NC2CCCC2)nc2nc(Nc3ccccc3N3CCCC(CS(C)(=O)=O)C3)ncc12. The number of carbonyl (C=O) groups excluding carboxylic acids is 1. The van der Waals surface area contributed by atoms with Crippen LogP contribution < -0.4 is 20.9 Å². The Balaban J connectivity index is 1.37. The molecule has 3 heterocycles. The van der Waals surface area contributed by atoms with Gasteiger partial charge in [-0.3, -0.25) is 5.32 Å². The molecule has 3 aromatic rings. The van der Waals surface area contributed by atoms with E-state index in [2.05, 4.69) is 41.7 Å². The Labute approximate surface area is 228 Å². The molecule has 0 radical (unpaired) electrons. The highest BCUT2D eigenvalue weighted by atomic mass is 32.2. The molecule has 39 heavy (non-hydrogen) atoms. The van der Waals surface area contributed by atoms with Crippen molar-refractivity contribution in [2.24, 2.45) is 5.92 Å². The summed E-state index contributed by atoms with van der Waals surface area (Å²) < 4.78 is 23.7. The Morgan fingerprint density at radius 2 is 1.95 bits per heavy atom. The number of hydrogen-bond donors (Lipinski definition) is 3. The zero-order chi connectivity index (χ0) is 27.4. The fourth-order valence-corrected chi connectivity index (χ4v) is 6.61. The van der Waals surface area contributed by atoms with Crippen LogP contribution in [0.4, 0.5) is 27.9 Å². The number of sulfone groups is 1. The molecule has 1 saturated heterocycles. The molecule has 2 aromatic heterocycles. The molecule has 1 aromatic carbocycles. The third kappa shape index (κ3) is 6.75. The van der Waals surface area contributed by atoms with E-state index in [-0.39, 0.29) is 23.7 Å².